The summed E-state index contributed by atoms with van der Waals surface area (Å²) in [6.45, 7) is 1.73. The van der Waals surface area contributed by atoms with E-state index in [2.05, 4.69) is 5.32 Å². The van der Waals surface area contributed by atoms with E-state index in [0.717, 1.165) is 5.56 Å². The lowest BCUT2D eigenvalue weighted by atomic mass is 10.1. The van der Waals surface area contributed by atoms with Crippen LogP contribution in [0.25, 0.3) is 0 Å². The zero-order valence-electron chi connectivity index (χ0n) is 18.1. The Labute approximate surface area is 194 Å². The fourth-order valence-electron chi connectivity index (χ4n) is 4.32. The molecule has 0 spiro atoms. The maximum atomic E-state index is 13.6. The third kappa shape index (κ3) is 3.19. The van der Waals surface area contributed by atoms with Gasteiger partial charge in [0.05, 0.1) is 28.3 Å². The van der Waals surface area contributed by atoms with Crippen molar-refractivity contribution in [1.82, 2.24) is 15.1 Å². The van der Waals surface area contributed by atoms with Crippen molar-refractivity contribution in [1.29, 1.82) is 0 Å². The van der Waals surface area contributed by atoms with E-state index in [1.54, 1.807) is 31.2 Å². The van der Waals surface area contributed by atoms with Crippen molar-refractivity contribution in [3.63, 3.8) is 0 Å². The minimum Gasteiger partial charge on any atom is -0.346 e. The third-order valence-electron chi connectivity index (χ3n) is 6.03. The Balaban J connectivity index is 1.57. The van der Waals surface area contributed by atoms with E-state index < -0.39 is 41.7 Å². The molecule has 0 aromatic heterocycles. The van der Waals surface area contributed by atoms with Gasteiger partial charge in [0.2, 0.25) is 6.17 Å². The molecule has 0 fully saturated rings. The number of hydrogen-bond acceptors (Lipinski definition) is 5. The van der Waals surface area contributed by atoms with Gasteiger partial charge in [-0.1, -0.05) is 54.6 Å². The molecular weight excluding hydrogens is 434 g/mol. The Hall–Kier alpha value is -4.59. The van der Waals surface area contributed by atoms with E-state index >= 15 is 0 Å². The summed E-state index contributed by atoms with van der Waals surface area (Å²) in [7, 11) is 0. The maximum absolute atomic E-state index is 13.6. The highest BCUT2D eigenvalue weighted by atomic mass is 16.2. The summed E-state index contributed by atoms with van der Waals surface area (Å²) in [4.78, 5) is 67.9. The monoisotopic (exact) mass is 453 g/mol. The third-order valence-corrected chi connectivity index (χ3v) is 6.03. The fraction of sp³-hybridized carbons (Fsp3) is 0.115. The Bertz CT molecular complexity index is 1220. The normalized spacial score (nSPS) is 15.6. The highest BCUT2D eigenvalue weighted by Crippen LogP contribution is 2.31. The second-order valence-corrected chi connectivity index (χ2v) is 8.07. The Kier molecular flexibility index (Phi) is 5.05. The van der Waals surface area contributed by atoms with Gasteiger partial charge in [0.15, 0.2) is 0 Å². The van der Waals surface area contributed by atoms with Gasteiger partial charge >= 0.3 is 0 Å². The van der Waals surface area contributed by atoms with E-state index in [-0.39, 0.29) is 22.3 Å². The highest BCUT2D eigenvalue weighted by Gasteiger charge is 2.51. The predicted octanol–water partition coefficient (Wildman–Crippen LogP) is 2.78. The molecule has 3 aromatic carbocycles. The summed E-state index contributed by atoms with van der Waals surface area (Å²) in [6, 6.07) is 20.8. The standard InChI is InChI=1S/C26H19N3O5/c1-15(16-9-3-2-4-10-16)27-21(30)22(28-23(31)17-11-5-6-12-18(17)24(28)32)29-25(33)19-13-7-8-14-20(19)26(29)34/h2-15,22H,1H3,(H,27,30)/t15-/m0/s1. The van der Waals surface area contributed by atoms with Crippen LogP contribution in [0.5, 0.6) is 0 Å². The summed E-state index contributed by atoms with van der Waals surface area (Å²) in [5.41, 5.74) is 1.21. The average Bonchev–Trinajstić information content (AvgIpc) is 3.26. The van der Waals surface area contributed by atoms with Gasteiger partial charge in [-0.2, -0.15) is 0 Å². The van der Waals surface area contributed by atoms with Crippen LogP contribution in [0.4, 0.5) is 0 Å². The van der Waals surface area contributed by atoms with Gasteiger partial charge in [-0.05, 0) is 36.8 Å². The van der Waals surface area contributed by atoms with Crippen LogP contribution in [0.3, 0.4) is 0 Å². The molecule has 8 heteroatoms. The van der Waals surface area contributed by atoms with Gasteiger partial charge in [0, 0.05) is 0 Å². The van der Waals surface area contributed by atoms with Gasteiger partial charge in [0.25, 0.3) is 29.5 Å². The van der Waals surface area contributed by atoms with E-state index in [4.69, 9.17) is 0 Å². The first-order valence-corrected chi connectivity index (χ1v) is 10.7. The van der Waals surface area contributed by atoms with Crippen molar-refractivity contribution >= 4 is 29.5 Å². The van der Waals surface area contributed by atoms with Gasteiger partial charge in [-0.25, -0.2) is 9.80 Å². The smallest absolute Gasteiger partial charge is 0.265 e. The molecule has 2 aliphatic rings. The molecule has 0 aliphatic carbocycles. The van der Waals surface area contributed by atoms with Crippen LogP contribution < -0.4 is 5.32 Å². The number of nitrogens with zero attached hydrogens (tertiary/aromatic N) is 2. The van der Waals surface area contributed by atoms with Crippen LogP contribution in [0.15, 0.2) is 78.9 Å². The quantitative estimate of drug-likeness (QED) is 0.599. The second-order valence-electron chi connectivity index (χ2n) is 8.07. The predicted molar refractivity (Wildman–Crippen MR) is 121 cm³/mol. The number of hydrogen-bond donors (Lipinski definition) is 1. The summed E-state index contributed by atoms with van der Waals surface area (Å²) in [6.07, 6.45) is -1.79. The molecule has 2 heterocycles. The Morgan fingerprint density at radius 3 is 1.35 bits per heavy atom. The number of fused-ring (bicyclic) bond motifs is 2. The van der Waals surface area contributed by atoms with Gasteiger partial charge in [0.1, 0.15) is 0 Å². The van der Waals surface area contributed by atoms with Crippen molar-refractivity contribution < 1.29 is 24.0 Å². The van der Waals surface area contributed by atoms with Crippen LogP contribution >= 0.6 is 0 Å². The first-order chi connectivity index (χ1) is 16.4. The molecule has 0 saturated carbocycles. The Morgan fingerprint density at radius 2 is 0.971 bits per heavy atom. The minimum atomic E-state index is -1.79. The van der Waals surface area contributed by atoms with Crippen LogP contribution in [-0.2, 0) is 4.79 Å². The number of carbonyl (C=O) groups is 5. The minimum absolute atomic E-state index is 0.109. The lowest BCUT2D eigenvalue weighted by Crippen LogP contribution is -2.60. The summed E-state index contributed by atoms with van der Waals surface area (Å²) >= 11 is 0. The average molecular weight is 453 g/mol. The van der Waals surface area contributed by atoms with Gasteiger partial charge < -0.3 is 5.32 Å². The van der Waals surface area contributed by atoms with Crippen molar-refractivity contribution in [3.05, 3.63) is 107 Å². The number of amides is 5. The molecule has 3 aromatic rings. The second kappa shape index (κ2) is 8.08. The fourth-order valence-corrected chi connectivity index (χ4v) is 4.32. The van der Waals surface area contributed by atoms with E-state index in [0.29, 0.717) is 9.80 Å². The number of imide groups is 2. The van der Waals surface area contributed by atoms with E-state index in [9.17, 15) is 24.0 Å². The van der Waals surface area contributed by atoms with Gasteiger partial charge in [-0.15, -0.1) is 0 Å². The number of carbonyl (C=O) groups excluding carboxylic acids is 5. The Morgan fingerprint density at radius 1 is 0.618 bits per heavy atom. The van der Waals surface area contributed by atoms with Crippen molar-refractivity contribution in [2.24, 2.45) is 0 Å². The van der Waals surface area contributed by atoms with E-state index in [1.807, 2.05) is 30.3 Å². The van der Waals surface area contributed by atoms with Crippen LogP contribution in [0.1, 0.15) is 60.0 Å². The molecule has 0 radical (unpaired) electrons. The van der Waals surface area contributed by atoms with Crippen LogP contribution in [-0.4, -0.2) is 45.5 Å². The first-order valence-electron chi connectivity index (χ1n) is 10.7. The van der Waals surface area contributed by atoms with Gasteiger partial charge in [-0.3, -0.25) is 24.0 Å². The largest absolute Gasteiger partial charge is 0.346 e. The van der Waals surface area contributed by atoms with Crippen molar-refractivity contribution in [2.75, 3.05) is 0 Å². The van der Waals surface area contributed by atoms with E-state index in [1.165, 1.54) is 24.3 Å². The molecule has 0 bridgehead atoms. The number of nitrogens with one attached hydrogen (secondary N) is 1. The molecule has 34 heavy (non-hydrogen) atoms. The maximum Gasteiger partial charge on any atom is 0.265 e. The van der Waals surface area contributed by atoms with Crippen molar-refractivity contribution in [2.45, 2.75) is 19.1 Å². The highest BCUT2D eigenvalue weighted by molar-refractivity contribution is 6.26. The van der Waals surface area contributed by atoms with Crippen molar-refractivity contribution in [3.8, 4) is 0 Å². The zero-order valence-corrected chi connectivity index (χ0v) is 18.1. The molecule has 168 valence electrons. The molecule has 0 unspecified atom stereocenters. The molecule has 0 saturated heterocycles. The SMILES string of the molecule is C[C@H](NC(=O)C(N1C(=O)c2ccccc2C1=O)N1C(=O)c2ccccc2C1=O)c1ccccc1. The topological polar surface area (TPSA) is 104 Å². The number of rotatable bonds is 5. The molecule has 5 amide bonds. The molecule has 8 nitrogen and oxygen atoms in total. The lowest BCUT2D eigenvalue weighted by Gasteiger charge is -2.32. The lowest BCUT2D eigenvalue weighted by molar-refractivity contribution is -0.129. The van der Waals surface area contributed by atoms with Crippen LogP contribution in [0.2, 0.25) is 0 Å². The molecular formula is C26H19N3O5. The first kappa shape index (κ1) is 21.3. The summed E-state index contributed by atoms with van der Waals surface area (Å²) < 4.78 is 0. The van der Waals surface area contributed by atoms with Crippen LogP contribution in [0, 0.1) is 0 Å². The summed E-state index contributed by atoms with van der Waals surface area (Å²) in [5.74, 6) is -3.80. The molecule has 1 atom stereocenters. The summed E-state index contributed by atoms with van der Waals surface area (Å²) in [5, 5.41) is 2.75. The number of benzene rings is 3. The molecule has 5 rings (SSSR count). The molecule has 2 aliphatic heterocycles. The molecule has 1 N–H and O–H groups in total. The zero-order chi connectivity index (χ0) is 24.0.